The Bertz CT molecular complexity index is 1050. The van der Waals surface area contributed by atoms with Gasteiger partial charge in [0.1, 0.15) is 4.83 Å². The lowest BCUT2D eigenvalue weighted by atomic mass is 10.2. The molecule has 0 aliphatic rings. The number of carbonyl (C=O) groups excluding carboxylic acids is 2. The van der Waals surface area contributed by atoms with E-state index in [1.807, 2.05) is 13.0 Å². The fourth-order valence-electron chi connectivity index (χ4n) is 2.34. The molecule has 0 radical (unpaired) electrons. The molecule has 0 spiro atoms. The maximum absolute atomic E-state index is 12.4. The van der Waals surface area contributed by atoms with Crippen molar-refractivity contribution in [3.05, 3.63) is 51.1 Å². The van der Waals surface area contributed by atoms with E-state index in [9.17, 15) is 14.4 Å². The first kappa shape index (κ1) is 18.2. The molecule has 9 heteroatoms. The number of thiophene rings is 1. The first-order chi connectivity index (χ1) is 12.3. The Morgan fingerprint density at radius 3 is 2.65 bits per heavy atom. The van der Waals surface area contributed by atoms with E-state index in [1.54, 1.807) is 31.3 Å². The molecule has 0 atom stereocenters. The molecule has 7 nitrogen and oxygen atoms in total. The molecule has 3 aromatic rings. The number of fused-ring (bicyclic) bond motifs is 1. The summed E-state index contributed by atoms with van der Waals surface area (Å²) in [7, 11) is 1.64. The minimum absolute atomic E-state index is 0.105. The topological polar surface area (TPSA) is 107 Å². The summed E-state index contributed by atoms with van der Waals surface area (Å²) in [5.41, 5.74) is 5.99. The Labute approximate surface area is 157 Å². The molecule has 0 aliphatic heterocycles. The van der Waals surface area contributed by atoms with E-state index < -0.39 is 5.91 Å². The number of hydrogen-bond donors (Lipinski definition) is 2. The molecule has 0 saturated carbocycles. The zero-order valence-corrected chi connectivity index (χ0v) is 15.7. The van der Waals surface area contributed by atoms with Crippen molar-refractivity contribution in [1.29, 1.82) is 0 Å². The van der Waals surface area contributed by atoms with Gasteiger partial charge in [-0.1, -0.05) is 11.8 Å². The van der Waals surface area contributed by atoms with Crippen LogP contribution in [0, 0.1) is 6.92 Å². The quantitative estimate of drug-likeness (QED) is 0.514. The van der Waals surface area contributed by atoms with Crippen molar-refractivity contribution in [3.63, 3.8) is 0 Å². The number of anilines is 1. The van der Waals surface area contributed by atoms with Gasteiger partial charge in [-0.25, -0.2) is 4.98 Å². The molecule has 0 bridgehead atoms. The first-order valence-electron chi connectivity index (χ1n) is 7.65. The van der Waals surface area contributed by atoms with Gasteiger partial charge in [0.15, 0.2) is 5.16 Å². The SMILES string of the molecule is Cc1cc2c(=O)n(C)c(SCC(=O)Nc3ccc(C(N)=O)cc3)nc2s1. The lowest BCUT2D eigenvalue weighted by Gasteiger charge is -2.08. The second-order valence-electron chi connectivity index (χ2n) is 5.61. The zero-order valence-electron chi connectivity index (χ0n) is 14.1. The third-order valence-electron chi connectivity index (χ3n) is 3.64. The summed E-state index contributed by atoms with van der Waals surface area (Å²) in [5, 5.41) is 3.81. The number of nitrogens with two attached hydrogens (primary N) is 1. The molecule has 2 aromatic heterocycles. The predicted octanol–water partition coefficient (Wildman–Crippen LogP) is 2.13. The zero-order chi connectivity index (χ0) is 18.8. The summed E-state index contributed by atoms with van der Waals surface area (Å²) in [6, 6.07) is 8.13. The number of thioether (sulfide) groups is 1. The Morgan fingerprint density at radius 1 is 1.31 bits per heavy atom. The van der Waals surface area contributed by atoms with Crippen LogP contribution in [0.25, 0.3) is 10.2 Å². The molecule has 1 aromatic carbocycles. The van der Waals surface area contributed by atoms with Gasteiger partial charge < -0.3 is 11.1 Å². The predicted molar refractivity (Wildman–Crippen MR) is 104 cm³/mol. The first-order valence-corrected chi connectivity index (χ1v) is 9.45. The minimum Gasteiger partial charge on any atom is -0.366 e. The van der Waals surface area contributed by atoms with Crippen LogP contribution >= 0.6 is 23.1 Å². The van der Waals surface area contributed by atoms with E-state index in [-0.39, 0.29) is 17.2 Å². The number of primary amides is 1. The van der Waals surface area contributed by atoms with Crippen LogP contribution in [0.2, 0.25) is 0 Å². The molecule has 0 aliphatic carbocycles. The minimum atomic E-state index is -0.523. The largest absolute Gasteiger partial charge is 0.366 e. The molecule has 2 amide bonds. The van der Waals surface area contributed by atoms with Crippen LogP contribution in [0.3, 0.4) is 0 Å². The van der Waals surface area contributed by atoms with Crippen molar-refractivity contribution in [2.45, 2.75) is 12.1 Å². The molecular formula is C17H16N4O3S2. The van der Waals surface area contributed by atoms with Crippen molar-refractivity contribution >= 4 is 50.8 Å². The van der Waals surface area contributed by atoms with E-state index in [1.165, 1.54) is 27.7 Å². The van der Waals surface area contributed by atoms with E-state index in [0.717, 1.165) is 4.88 Å². The van der Waals surface area contributed by atoms with Gasteiger partial charge in [0.25, 0.3) is 5.56 Å². The van der Waals surface area contributed by atoms with Gasteiger partial charge in [-0.15, -0.1) is 11.3 Å². The van der Waals surface area contributed by atoms with E-state index in [2.05, 4.69) is 10.3 Å². The third kappa shape index (κ3) is 3.78. The summed E-state index contributed by atoms with van der Waals surface area (Å²) in [6.45, 7) is 1.93. The Hall–Kier alpha value is -2.65. The van der Waals surface area contributed by atoms with Gasteiger partial charge in [0.05, 0.1) is 11.1 Å². The van der Waals surface area contributed by atoms with Crippen molar-refractivity contribution in [3.8, 4) is 0 Å². The van der Waals surface area contributed by atoms with Crippen LogP contribution in [-0.4, -0.2) is 27.1 Å². The van der Waals surface area contributed by atoms with Crippen LogP contribution in [0.4, 0.5) is 5.69 Å². The number of amides is 2. The van der Waals surface area contributed by atoms with Gasteiger partial charge in [-0.3, -0.25) is 19.0 Å². The van der Waals surface area contributed by atoms with Gasteiger partial charge in [0, 0.05) is 23.2 Å². The Kier molecular flexibility index (Phi) is 5.10. The molecular weight excluding hydrogens is 372 g/mol. The smallest absolute Gasteiger partial charge is 0.262 e. The third-order valence-corrected chi connectivity index (χ3v) is 5.61. The monoisotopic (exact) mass is 388 g/mol. The summed E-state index contributed by atoms with van der Waals surface area (Å²) in [6.07, 6.45) is 0. The Balaban J connectivity index is 1.69. The number of nitrogens with zero attached hydrogens (tertiary/aromatic N) is 2. The highest BCUT2D eigenvalue weighted by Crippen LogP contribution is 2.23. The molecule has 0 unspecified atom stereocenters. The van der Waals surface area contributed by atoms with Crippen molar-refractivity contribution in [2.24, 2.45) is 12.8 Å². The second kappa shape index (κ2) is 7.30. The highest BCUT2D eigenvalue weighted by atomic mass is 32.2. The number of carbonyl (C=O) groups is 2. The molecule has 134 valence electrons. The molecule has 0 fully saturated rings. The fraction of sp³-hybridized carbons (Fsp3) is 0.176. The summed E-state index contributed by atoms with van der Waals surface area (Å²) < 4.78 is 1.45. The van der Waals surface area contributed by atoms with Crippen molar-refractivity contribution < 1.29 is 9.59 Å². The maximum atomic E-state index is 12.4. The average Bonchev–Trinajstić information content (AvgIpc) is 2.98. The fourth-order valence-corrected chi connectivity index (χ4v) is 4.03. The second-order valence-corrected chi connectivity index (χ2v) is 7.79. The van der Waals surface area contributed by atoms with Crippen LogP contribution in [0.5, 0.6) is 0 Å². The summed E-state index contributed by atoms with van der Waals surface area (Å²) >= 11 is 2.65. The number of aryl methyl sites for hydroxylation is 1. The number of hydrogen-bond acceptors (Lipinski definition) is 6. The number of rotatable bonds is 5. The normalized spacial score (nSPS) is 10.8. The van der Waals surface area contributed by atoms with E-state index in [0.29, 0.717) is 26.6 Å². The van der Waals surface area contributed by atoms with E-state index >= 15 is 0 Å². The lowest BCUT2D eigenvalue weighted by molar-refractivity contribution is -0.113. The van der Waals surface area contributed by atoms with Gasteiger partial charge in [0.2, 0.25) is 11.8 Å². The number of aromatic nitrogens is 2. The van der Waals surface area contributed by atoms with Gasteiger partial charge in [-0.2, -0.15) is 0 Å². The van der Waals surface area contributed by atoms with Gasteiger partial charge in [-0.05, 0) is 37.3 Å². The van der Waals surface area contributed by atoms with Gasteiger partial charge >= 0.3 is 0 Å². The van der Waals surface area contributed by atoms with Crippen LogP contribution in [-0.2, 0) is 11.8 Å². The molecule has 3 rings (SSSR count). The molecule has 3 N–H and O–H groups in total. The maximum Gasteiger partial charge on any atom is 0.262 e. The highest BCUT2D eigenvalue weighted by molar-refractivity contribution is 7.99. The Morgan fingerprint density at radius 2 is 2.00 bits per heavy atom. The van der Waals surface area contributed by atoms with Crippen LogP contribution < -0.4 is 16.6 Å². The highest BCUT2D eigenvalue weighted by Gasteiger charge is 2.13. The summed E-state index contributed by atoms with van der Waals surface area (Å²) in [4.78, 5) is 41.7. The average molecular weight is 388 g/mol. The summed E-state index contributed by atoms with van der Waals surface area (Å²) in [5.74, 6) is -0.656. The van der Waals surface area contributed by atoms with Crippen molar-refractivity contribution in [2.75, 3.05) is 11.1 Å². The molecule has 2 heterocycles. The van der Waals surface area contributed by atoms with Crippen LogP contribution in [0.15, 0.2) is 40.3 Å². The van der Waals surface area contributed by atoms with Crippen molar-refractivity contribution in [1.82, 2.24) is 9.55 Å². The number of benzene rings is 1. The molecule has 26 heavy (non-hydrogen) atoms. The van der Waals surface area contributed by atoms with E-state index in [4.69, 9.17) is 5.73 Å². The lowest BCUT2D eigenvalue weighted by Crippen LogP contribution is -2.20. The standard InChI is InChI=1S/C17H16N4O3S2/c1-9-7-12-15(26-9)20-17(21(2)16(12)24)25-8-13(22)19-11-5-3-10(4-6-11)14(18)23/h3-7H,8H2,1-2H3,(H2,18,23)(H,19,22). The van der Waals surface area contributed by atoms with Crippen LogP contribution in [0.1, 0.15) is 15.2 Å². The number of nitrogens with one attached hydrogen (secondary N) is 1. The molecule has 0 saturated heterocycles.